The number of amides is 1. The second-order valence-corrected chi connectivity index (χ2v) is 6.02. The molecule has 0 bridgehead atoms. The van der Waals surface area contributed by atoms with E-state index in [0.29, 0.717) is 5.56 Å². The maximum absolute atomic E-state index is 12.2. The zero-order valence-corrected chi connectivity index (χ0v) is 13.2. The molecule has 22 heavy (non-hydrogen) atoms. The van der Waals surface area contributed by atoms with Gasteiger partial charge in [0.1, 0.15) is 18.6 Å². The van der Waals surface area contributed by atoms with E-state index in [1.54, 1.807) is 11.3 Å². The maximum Gasteiger partial charge on any atom is 0.335 e. The molecule has 4 rings (SSSR count). The van der Waals surface area contributed by atoms with Crippen molar-refractivity contribution in [2.45, 2.75) is 6.54 Å². The van der Waals surface area contributed by atoms with E-state index in [1.807, 2.05) is 42.5 Å². The van der Waals surface area contributed by atoms with Gasteiger partial charge in [0.25, 0.3) is 5.91 Å². The smallest absolute Gasteiger partial charge is 0.335 e. The molecule has 4 nitrogen and oxygen atoms in total. The number of anilines is 2. The normalized spacial score (nSPS) is 12.4. The van der Waals surface area contributed by atoms with Crippen LogP contribution < -0.4 is 27.6 Å². The summed E-state index contributed by atoms with van der Waals surface area (Å²) in [6.07, 6.45) is 0. The molecule has 0 saturated heterocycles. The van der Waals surface area contributed by atoms with Crippen LogP contribution in [0.1, 0.15) is 10.4 Å². The Hall–Kier alpha value is -2.11. The summed E-state index contributed by atoms with van der Waals surface area (Å²) in [4.78, 5) is 12.2. The zero-order chi connectivity index (χ0) is 14.2. The third-order valence-electron chi connectivity index (χ3n) is 3.61. The number of benzene rings is 2. The first kappa shape index (κ1) is 14.8. The van der Waals surface area contributed by atoms with Crippen molar-refractivity contribution in [3.63, 3.8) is 0 Å². The standard InChI is InChI=1S/C16H13N3OS.ClH/c20-15(11-4-2-1-3-5-11)18-12-6-7-14-13(10-12)19-9-8-17-16(19)21-14;/h1-7,10H,8-9H2,(H,18,20);1H. The van der Waals surface area contributed by atoms with E-state index in [9.17, 15) is 4.79 Å². The van der Waals surface area contributed by atoms with Gasteiger partial charge in [0, 0.05) is 17.3 Å². The third kappa shape index (κ3) is 2.53. The van der Waals surface area contributed by atoms with Gasteiger partial charge in [0.05, 0.1) is 4.70 Å². The Morgan fingerprint density at radius 2 is 2.00 bits per heavy atom. The summed E-state index contributed by atoms with van der Waals surface area (Å²) in [5, 5.41) is 7.52. The fraction of sp³-hybridized carbons (Fsp3) is 0.125. The van der Waals surface area contributed by atoms with Crippen LogP contribution in [0.15, 0.2) is 48.5 Å². The molecule has 6 heteroatoms. The van der Waals surface area contributed by atoms with Crippen molar-refractivity contribution in [3.8, 4) is 0 Å². The van der Waals surface area contributed by atoms with Crippen LogP contribution in [-0.2, 0) is 6.54 Å². The van der Waals surface area contributed by atoms with Crippen LogP contribution in [0.5, 0.6) is 0 Å². The van der Waals surface area contributed by atoms with Crippen molar-refractivity contribution in [1.29, 1.82) is 0 Å². The second-order valence-electron chi connectivity index (χ2n) is 4.99. The lowest BCUT2D eigenvalue weighted by Crippen LogP contribution is -3.00. The van der Waals surface area contributed by atoms with Crippen LogP contribution in [0.3, 0.4) is 0 Å². The van der Waals surface area contributed by atoms with Crippen molar-refractivity contribution < 1.29 is 21.8 Å². The average molecular weight is 332 g/mol. The maximum atomic E-state index is 12.2. The van der Waals surface area contributed by atoms with Crippen molar-refractivity contribution in [1.82, 2.24) is 0 Å². The molecule has 3 aromatic rings. The molecule has 1 aromatic heterocycles. The Bertz CT molecular complexity index is 832. The summed E-state index contributed by atoms with van der Waals surface area (Å²) < 4.78 is 3.49. The fourth-order valence-electron chi connectivity index (χ4n) is 2.58. The Kier molecular flexibility index (Phi) is 4.00. The van der Waals surface area contributed by atoms with Crippen LogP contribution in [0.2, 0.25) is 0 Å². The van der Waals surface area contributed by atoms with Crippen LogP contribution >= 0.6 is 11.3 Å². The highest BCUT2D eigenvalue weighted by Gasteiger charge is 2.23. The third-order valence-corrected chi connectivity index (χ3v) is 4.73. The summed E-state index contributed by atoms with van der Waals surface area (Å²) >= 11 is 1.75. The number of rotatable bonds is 2. The number of hydrogen-bond acceptors (Lipinski definition) is 3. The van der Waals surface area contributed by atoms with E-state index >= 15 is 0 Å². The van der Waals surface area contributed by atoms with E-state index in [-0.39, 0.29) is 18.3 Å². The number of thiazole rings is 1. The number of carbonyl (C=O) groups is 1. The minimum Gasteiger partial charge on any atom is -1.00 e. The molecule has 0 unspecified atom stereocenters. The van der Waals surface area contributed by atoms with Crippen LogP contribution in [0, 0.1) is 0 Å². The number of nitrogens with one attached hydrogen (secondary N) is 2. The first-order valence-electron chi connectivity index (χ1n) is 6.88. The molecule has 1 aliphatic rings. The van der Waals surface area contributed by atoms with E-state index in [1.165, 1.54) is 15.3 Å². The van der Waals surface area contributed by atoms with Gasteiger partial charge >= 0.3 is 5.13 Å². The van der Waals surface area contributed by atoms with Gasteiger partial charge in [-0.1, -0.05) is 18.2 Å². The lowest BCUT2D eigenvalue weighted by Gasteiger charge is -2.05. The Labute approximate surface area is 138 Å². The minimum atomic E-state index is -0.0787. The molecule has 112 valence electrons. The summed E-state index contributed by atoms with van der Waals surface area (Å²) in [7, 11) is 0. The van der Waals surface area contributed by atoms with Gasteiger partial charge in [-0.2, -0.15) is 0 Å². The second kappa shape index (κ2) is 5.94. The van der Waals surface area contributed by atoms with Crippen molar-refractivity contribution in [3.05, 3.63) is 54.1 Å². The van der Waals surface area contributed by atoms with Gasteiger partial charge in [-0.25, -0.2) is 4.57 Å². The summed E-state index contributed by atoms with van der Waals surface area (Å²) in [5.74, 6) is -0.0787. The molecule has 2 heterocycles. The van der Waals surface area contributed by atoms with E-state index in [0.717, 1.165) is 18.8 Å². The molecule has 0 spiro atoms. The molecule has 1 aliphatic heterocycles. The van der Waals surface area contributed by atoms with E-state index in [4.69, 9.17) is 0 Å². The van der Waals surface area contributed by atoms with Gasteiger partial charge in [-0.05, 0) is 35.6 Å². The number of halogens is 1. The van der Waals surface area contributed by atoms with Crippen molar-refractivity contribution in [2.24, 2.45) is 0 Å². The summed E-state index contributed by atoms with van der Waals surface area (Å²) in [6, 6.07) is 15.3. The minimum absolute atomic E-state index is 0. The lowest BCUT2D eigenvalue weighted by atomic mass is 10.2. The molecule has 1 amide bonds. The molecule has 0 radical (unpaired) electrons. The molecule has 2 aromatic carbocycles. The van der Waals surface area contributed by atoms with Gasteiger partial charge in [0.2, 0.25) is 0 Å². The molecule has 0 saturated carbocycles. The molecule has 0 fully saturated rings. The lowest BCUT2D eigenvalue weighted by molar-refractivity contribution is -0.640. The molecule has 2 N–H and O–H groups in total. The zero-order valence-electron chi connectivity index (χ0n) is 11.7. The fourth-order valence-corrected chi connectivity index (χ4v) is 3.67. The molecular weight excluding hydrogens is 318 g/mol. The number of hydrogen-bond donors (Lipinski definition) is 2. The first-order chi connectivity index (χ1) is 10.3. The van der Waals surface area contributed by atoms with E-state index < -0.39 is 0 Å². The van der Waals surface area contributed by atoms with Gasteiger partial charge < -0.3 is 17.7 Å². The number of fused-ring (bicyclic) bond motifs is 3. The predicted molar refractivity (Wildman–Crippen MR) is 84.9 cm³/mol. The molecular formula is C16H14ClN3OS. The highest BCUT2D eigenvalue weighted by molar-refractivity contribution is 7.21. The largest absolute Gasteiger partial charge is 1.00 e. The number of nitrogens with zero attached hydrogens (tertiary/aromatic N) is 1. The van der Waals surface area contributed by atoms with Gasteiger partial charge in [0.15, 0.2) is 0 Å². The Balaban J connectivity index is 0.00000144. The van der Waals surface area contributed by atoms with Crippen molar-refractivity contribution >= 4 is 38.3 Å². The Morgan fingerprint density at radius 1 is 1.18 bits per heavy atom. The number of aromatic nitrogens is 1. The van der Waals surface area contributed by atoms with Crippen molar-refractivity contribution in [2.75, 3.05) is 17.2 Å². The Morgan fingerprint density at radius 3 is 2.82 bits per heavy atom. The topological polar surface area (TPSA) is 45.0 Å². The first-order valence-corrected chi connectivity index (χ1v) is 7.69. The SMILES string of the molecule is O=C(Nc1ccc2sc3[n+](c2c1)CCN3)c1ccccc1.[Cl-]. The monoisotopic (exact) mass is 331 g/mol. The molecule has 0 atom stereocenters. The quantitative estimate of drug-likeness (QED) is 0.643. The van der Waals surface area contributed by atoms with E-state index in [2.05, 4.69) is 21.3 Å². The average Bonchev–Trinajstić information content (AvgIpc) is 3.09. The summed E-state index contributed by atoms with van der Waals surface area (Å²) in [5.41, 5.74) is 2.67. The predicted octanol–water partition coefficient (Wildman–Crippen LogP) is -0.129. The van der Waals surface area contributed by atoms with Crippen LogP contribution in [-0.4, -0.2) is 12.5 Å². The highest BCUT2D eigenvalue weighted by Crippen LogP contribution is 2.28. The van der Waals surface area contributed by atoms with Gasteiger partial charge in [-0.15, -0.1) is 0 Å². The molecule has 0 aliphatic carbocycles. The van der Waals surface area contributed by atoms with Crippen LogP contribution in [0.4, 0.5) is 10.8 Å². The summed E-state index contributed by atoms with van der Waals surface area (Å²) in [6.45, 7) is 1.95. The van der Waals surface area contributed by atoms with Crippen LogP contribution in [0.25, 0.3) is 10.2 Å². The van der Waals surface area contributed by atoms with Gasteiger partial charge in [-0.3, -0.25) is 10.1 Å². The highest BCUT2D eigenvalue weighted by atomic mass is 35.5. The number of carbonyl (C=O) groups excluding carboxylic acids is 1.